The Morgan fingerprint density at radius 2 is 0.807 bits per heavy atom. The SMILES string of the molecule is CCCCCCCCCCCCCCCCCCCCCCCOCC(COP(=O)(O)OCC(N)C(=O)O)OC(=O)CCCCCCCCCCCCCCCC. The molecule has 0 saturated carbocycles. The quantitative estimate of drug-likeness (QED) is 0.0306. The van der Waals surface area contributed by atoms with Crippen molar-refractivity contribution in [3.8, 4) is 0 Å². The van der Waals surface area contributed by atoms with Crippen molar-refractivity contribution in [3.63, 3.8) is 0 Å². The van der Waals surface area contributed by atoms with E-state index < -0.39 is 45.1 Å². The molecule has 57 heavy (non-hydrogen) atoms. The molecule has 0 bridgehead atoms. The number of hydrogen-bond donors (Lipinski definition) is 3. The highest BCUT2D eigenvalue weighted by Gasteiger charge is 2.27. The summed E-state index contributed by atoms with van der Waals surface area (Å²) in [5, 5.41) is 8.91. The molecule has 0 spiro atoms. The first-order valence-electron chi connectivity index (χ1n) is 24.1. The van der Waals surface area contributed by atoms with E-state index in [1.807, 2.05) is 0 Å². The fraction of sp³-hybridized carbons (Fsp3) is 0.957. The summed E-state index contributed by atoms with van der Waals surface area (Å²) in [5.74, 6) is -1.76. The van der Waals surface area contributed by atoms with Gasteiger partial charge in [0, 0.05) is 13.0 Å². The fourth-order valence-corrected chi connectivity index (χ4v) is 7.91. The van der Waals surface area contributed by atoms with Crippen molar-refractivity contribution in [3.05, 3.63) is 0 Å². The van der Waals surface area contributed by atoms with Crippen molar-refractivity contribution in [1.29, 1.82) is 0 Å². The number of aliphatic carboxylic acids is 1. The third-order valence-corrected chi connectivity index (χ3v) is 11.8. The Hall–Kier alpha value is -1.03. The Morgan fingerprint density at radius 3 is 1.16 bits per heavy atom. The van der Waals surface area contributed by atoms with Gasteiger partial charge < -0.3 is 25.2 Å². The largest absolute Gasteiger partial charge is 0.480 e. The Bertz CT molecular complexity index is 924. The maximum atomic E-state index is 12.6. The smallest absolute Gasteiger partial charge is 0.472 e. The number of unbranched alkanes of at least 4 members (excludes halogenated alkanes) is 33. The summed E-state index contributed by atoms with van der Waals surface area (Å²) in [7, 11) is -4.61. The zero-order chi connectivity index (χ0) is 41.9. The van der Waals surface area contributed by atoms with Gasteiger partial charge in [-0.2, -0.15) is 0 Å². The first kappa shape index (κ1) is 56.0. The Labute approximate surface area is 350 Å². The van der Waals surface area contributed by atoms with Crippen LogP contribution in [-0.2, 0) is 32.7 Å². The van der Waals surface area contributed by atoms with Crippen molar-refractivity contribution in [2.75, 3.05) is 26.4 Å². The number of phosphoric ester groups is 1. The van der Waals surface area contributed by atoms with Gasteiger partial charge >= 0.3 is 19.8 Å². The molecule has 11 heteroatoms. The second kappa shape index (κ2) is 43.1. The number of carboxylic acids is 1. The van der Waals surface area contributed by atoms with Crippen molar-refractivity contribution in [2.45, 2.75) is 257 Å². The Balaban J connectivity index is 4.09. The van der Waals surface area contributed by atoms with E-state index in [9.17, 15) is 19.0 Å². The average molecular weight is 834 g/mol. The molecule has 4 N–H and O–H groups in total. The molecule has 0 fully saturated rings. The monoisotopic (exact) mass is 834 g/mol. The zero-order valence-electron chi connectivity index (χ0n) is 37.2. The van der Waals surface area contributed by atoms with Crippen LogP contribution in [0, 0.1) is 0 Å². The molecule has 0 aromatic rings. The van der Waals surface area contributed by atoms with E-state index in [-0.39, 0.29) is 13.0 Å². The molecule has 0 aliphatic rings. The van der Waals surface area contributed by atoms with Gasteiger partial charge in [0.1, 0.15) is 12.1 Å². The van der Waals surface area contributed by atoms with E-state index in [1.54, 1.807) is 0 Å². The standard InChI is InChI=1S/C46H92NO9P/c1-3-5-7-9-11-13-15-17-19-20-21-22-23-24-25-27-29-31-33-35-37-39-53-40-43(41-54-57(51,52)55-42-44(47)46(49)50)56-45(48)38-36-34-32-30-28-26-18-16-14-12-10-8-6-4-2/h43-44H,3-42,47H2,1-2H3,(H,49,50)(H,51,52). The van der Waals surface area contributed by atoms with Crippen molar-refractivity contribution in [2.24, 2.45) is 5.73 Å². The lowest BCUT2D eigenvalue weighted by Gasteiger charge is -2.20. The van der Waals surface area contributed by atoms with Crippen LogP contribution in [0.15, 0.2) is 0 Å². The minimum Gasteiger partial charge on any atom is -0.480 e. The number of ether oxygens (including phenoxy) is 2. The van der Waals surface area contributed by atoms with E-state index in [2.05, 4.69) is 13.8 Å². The zero-order valence-corrected chi connectivity index (χ0v) is 38.1. The normalized spacial score (nSPS) is 13.8. The summed E-state index contributed by atoms with van der Waals surface area (Å²) < 4.78 is 33.4. The third kappa shape index (κ3) is 42.9. The van der Waals surface area contributed by atoms with Crippen LogP contribution in [0.4, 0.5) is 0 Å². The third-order valence-electron chi connectivity index (χ3n) is 10.9. The minimum absolute atomic E-state index is 0.0261. The van der Waals surface area contributed by atoms with E-state index in [0.29, 0.717) is 6.61 Å². The van der Waals surface area contributed by atoms with Crippen LogP contribution >= 0.6 is 7.82 Å². The molecule has 0 aliphatic carbocycles. The summed E-state index contributed by atoms with van der Waals surface area (Å²) in [5.41, 5.74) is 5.36. The number of carbonyl (C=O) groups excluding carboxylic acids is 1. The number of rotatable bonds is 47. The van der Waals surface area contributed by atoms with Crippen LogP contribution < -0.4 is 5.73 Å². The fourth-order valence-electron chi connectivity index (χ4n) is 7.14. The van der Waals surface area contributed by atoms with Gasteiger partial charge in [-0.1, -0.05) is 226 Å². The second-order valence-electron chi connectivity index (χ2n) is 16.6. The van der Waals surface area contributed by atoms with Crippen LogP contribution in [0.1, 0.15) is 245 Å². The first-order valence-corrected chi connectivity index (χ1v) is 25.6. The van der Waals surface area contributed by atoms with Crippen LogP contribution in [0.25, 0.3) is 0 Å². The predicted octanol–water partition coefficient (Wildman–Crippen LogP) is 13.5. The van der Waals surface area contributed by atoms with Crippen LogP contribution in [0.2, 0.25) is 0 Å². The molecule has 340 valence electrons. The van der Waals surface area contributed by atoms with E-state index in [1.165, 1.54) is 186 Å². The van der Waals surface area contributed by atoms with E-state index >= 15 is 0 Å². The molecule has 0 aromatic carbocycles. The summed E-state index contributed by atoms with van der Waals surface area (Å²) in [6.07, 6.45) is 44.4. The molecule has 3 atom stereocenters. The van der Waals surface area contributed by atoms with Gasteiger partial charge in [-0.05, 0) is 12.8 Å². The number of nitrogens with two attached hydrogens (primary N) is 1. The highest BCUT2D eigenvalue weighted by molar-refractivity contribution is 7.47. The van der Waals surface area contributed by atoms with Crippen LogP contribution in [0.3, 0.4) is 0 Å². The number of phosphoric acid groups is 1. The molecule has 0 rings (SSSR count). The Morgan fingerprint density at radius 1 is 0.491 bits per heavy atom. The Kier molecular flexibility index (Phi) is 42.3. The van der Waals surface area contributed by atoms with Crippen LogP contribution in [0.5, 0.6) is 0 Å². The summed E-state index contributed by atoms with van der Waals surface area (Å²) in [4.78, 5) is 33.6. The number of hydrogen-bond acceptors (Lipinski definition) is 8. The minimum atomic E-state index is -4.61. The molecule has 0 aromatic heterocycles. The van der Waals surface area contributed by atoms with Crippen molar-refractivity contribution >= 4 is 19.8 Å². The lowest BCUT2D eigenvalue weighted by molar-refractivity contribution is -0.154. The van der Waals surface area contributed by atoms with Gasteiger partial charge in [0.05, 0.1) is 19.8 Å². The molecule has 10 nitrogen and oxygen atoms in total. The molecular formula is C46H92NO9P. The van der Waals surface area contributed by atoms with Gasteiger partial charge in [-0.25, -0.2) is 4.57 Å². The predicted molar refractivity (Wildman–Crippen MR) is 236 cm³/mol. The molecule has 0 saturated heterocycles. The first-order chi connectivity index (χ1) is 27.7. The topological polar surface area (TPSA) is 155 Å². The van der Waals surface area contributed by atoms with E-state index in [0.717, 1.165) is 38.5 Å². The summed E-state index contributed by atoms with van der Waals surface area (Å²) >= 11 is 0. The van der Waals surface area contributed by atoms with Gasteiger partial charge in [0.15, 0.2) is 0 Å². The molecule has 0 heterocycles. The number of carboxylic acid groups (broad SMARTS) is 1. The highest BCUT2D eigenvalue weighted by atomic mass is 31.2. The van der Waals surface area contributed by atoms with Gasteiger partial charge in [0.2, 0.25) is 0 Å². The maximum absolute atomic E-state index is 12.6. The highest BCUT2D eigenvalue weighted by Crippen LogP contribution is 2.43. The summed E-state index contributed by atoms with van der Waals surface area (Å²) in [6.45, 7) is 3.94. The second-order valence-corrected chi connectivity index (χ2v) is 18.1. The van der Waals surface area contributed by atoms with Crippen LogP contribution in [-0.4, -0.2) is 60.5 Å². The molecule has 0 aliphatic heterocycles. The lowest BCUT2D eigenvalue weighted by Crippen LogP contribution is -2.34. The molecule has 0 radical (unpaired) electrons. The molecule has 3 unspecified atom stereocenters. The number of esters is 1. The summed E-state index contributed by atoms with van der Waals surface area (Å²) in [6, 6.07) is -1.47. The maximum Gasteiger partial charge on any atom is 0.472 e. The van der Waals surface area contributed by atoms with Gasteiger partial charge in [-0.15, -0.1) is 0 Å². The van der Waals surface area contributed by atoms with Crippen molar-refractivity contribution in [1.82, 2.24) is 0 Å². The van der Waals surface area contributed by atoms with Gasteiger partial charge in [0.25, 0.3) is 0 Å². The van der Waals surface area contributed by atoms with E-state index in [4.69, 9.17) is 29.4 Å². The lowest BCUT2D eigenvalue weighted by atomic mass is 10.0. The number of carbonyl (C=O) groups is 2. The van der Waals surface area contributed by atoms with Gasteiger partial charge in [-0.3, -0.25) is 18.6 Å². The molecular weight excluding hydrogens is 741 g/mol. The average Bonchev–Trinajstić information content (AvgIpc) is 3.19. The molecule has 0 amide bonds. The van der Waals surface area contributed by atoms with Crippen molar-refractivity contribution < 1.29 is 42.7 Å².